The molecule has 108 valence electrons. The minimum atomic E-state index is -0.527. The van der Waals surface area contributed by atoms with Crippen LogP contribution in [0, 0.1) is 10.1 Å². The van der Waals surface area contributed by atoms with Gasteiger partial charge in [0.2, 0.25) is 17.8 Å². The standard InChI is InChI=1S/C17H13N2O3/c20-17(14-8-2-4-10-16(14)19(21)22)12-18-11-5-7-13-6-1-3-9-15(13)18/h1-11H,12H2/q+1. The summed E-state index contributed by atoms with van der Waals surface area (Å²) in [5, 5.41) is 12.1. The quantitative estimate of drug-likeness (QED) is 0.321. The molecule has 0 aliphatic heterocycles. The average Bonchev–Trinajstić information content (AvgIpc) is 2.55. The van der Waals surface area contributed by atoms with E-state index in [0.29, 0.717) is 0 Å². The second kappa shape index (κ2) is 5.73. The predicted molar refractivity (Wildman–Crippen MR) is 81.6 cm³/mol. The highest BCUT2D eigenvalue weighted by atomic mass is 16.6. The molecule has 0 aliphatic rings. The molecule has 0 saturated carbocycles. The Morgan fingerprint density at radius 2 is 1.68 bits per heavy atom. The molecule has 3 rings (SSSR count). The molecule has 1 heterocycles. The number of rotatable bonds is 4. The van der Waals surface area contributed by atoms with Gasteiger partial charge in [0, 0.05) is 23.6 Å². The summed E-state index contributed by atoms with van der Waals surface area (Å²) >= 11 is 0. The number of fused-ring (bicyclic) bond motifs is 1. The number of hydrogen-bond acceptors (Lipinski definition) is 3. The Hall–Kier alpha value is -3.08. The van der Waals surface area contributed by atoms with Crippen LogP contribution < -0.4 is 4.57 Å². The number of para-hydroxylation sites is 2. The maximum Gasteiger partial charge on any atom is 0.280 e. The molecule has 0 saturated heterocycles. The normalized spacial score (nSPS) is 10.5. The lowest BCUT2D eigenvalue weighted by molar-refractivity contribution is -0.657. The SMILES string of the molecule is O=C(C[n+]1cccc2ccccc21)c1ccccc1[N+](=O)[O-]. The van der Waals surface area contributed by atoms with E-state index < -0.39 is 4.92 Å². The van der Waals surface area contributed by atoms with Gasteiger partial charge in [-0.2, -0.15) is 4.57 Å². The lowest BCUT2D eigenvalue weighted by atomic mass is 10.1. The molecule has 0 radical (unpaired) electrons. The molecule has 0 fully saturated rings. The minimum Gasteiger partial charge on any atom is -0.287 e. The minimum absolute atomic E-state index is 0.0617. The lowest BCUT2D eigenvalue weighted by Gasteiger charge is -2.02. The van der Waals surface area contributed by atoms with E-state index >= 15 is 0 Å². The zero-order valence-corrected chi connectivity index (χ0v) is 11.7. The topological polar surface area (TPSA) is 64.1 Å². The summed E-state index contributed by atoms with van der Waals surface area (Å²) in [6.07, 6.45) is 1.80. The van der Waals surface area contributed by atoms with Crippen LogP contribution in [0.5, 0.6) is 0 Å². The maximum absolute atomic E-state index is 12.5. The molecule has 3 aromatic rings. The first-order chi connectivity index (χ1) is 10.7. The zero-order chi connectivity index (χ0) is 15.5. The van der Waals surface area contributed by atoms with Gasteiger partial charge in [-0.15, -0.1) is 0 Å². The van der Waals surface area contributed by atoms with Gasteiger partial charge >= 0.3 is 0 Å². The van der Waals surface area contributed by atoms with E-state index in [4.69, 9.17) is 0 Å². The van der Waals surface area contributed by atoms with Crippen molar-refractivity contribution in [1.82, 2.24) is 0 Å². The van der Waals surface area contributed by atoms with Crippen molar-refractivity contribution in [3.05, 3.63) is 82.5 Å². The smallest absolute Gasteiger partial charge is 0.280 e. The molecule has 0 bridgehead atoms. The summed E-state index contributed by atoms with van der Waals surface area (Å²) in [4.78, 5) is 23.0. The highest BCUT2D eigenvalue weighted by Gasteiger charge is 2.22. The molecule has 0 amide bonds. The van der Waals surface area contributed by atoms with Crippen molar-refractivity contribution < 1.29 is 14.3 Å². The number of nitrogens with zero attached hydrogens (tertiary/aromatic N) is 2. The number of hydrogen-bond donors (Lipinski definition) is 0. The average molecular weight is 293 g/mol. The van der Waals surface area contributed by atoms with E-state index in [1.54, 1.807) is 22.9 Å². The maximum atomic E-state index is 12.5. The molecular formula is C17H13N2O3+. The van der Waals surface area contributed by atoms with Gasteiger partial charge in [0.05, 0.1) is 4.92 Å². The summed E-state index contributed by atoms with van der Waals surface area (Å²) in [6, 6.07) is 17.5. The van der Waals surface area contributed by atoms with Crippen LogP contribution in [0.25, 0.3) is 10.9 Å². The fraction of sp³-hybridized carbons (Fsp3) is 0.0588. The second-order valence-electron chi connectivity index (χ2n) is 4.89. The molecule has 22 heavy (non-hydrogen) atoms. The third kappa shape index (κ3) is 2.56. The van der Waals surface area contributed by atoms with Crippen LogP contribution in [-0.2, 0) is 6.54 Å². The van der Waals surface area contributed by atoms with Gasteiger partial charge in [0.25, 0.3) is 5.69 Å². The lowest BCUT2D eigenvalue weighted by Crippen LogP contribution is -2.38. The van der Waals surface area contributed by atoms with Gasteiger partial charge in [-0.3, -0.25) is 14.9 Å². The number of nitro benzene ring substituents is 1. The third-order valence-corrected chi connectivity index (χ3v) is 3.50. The molecule has 1 aromatic heterocycles. The van der Waals surface area contributed by atoms with Gasteiger partial charge in [-0.25, -0.2) is 0 Å². The number of carbonyl (C=O) groups excluding carboxylic acids is 1. The number of Topliss-reactive ketones (excluding diaryl/α,β-unsaturated/α-hetero) is 1. The van der Waals surface area contributed by atoms with E-state index in [2.05, 4.69) is 0 Å². The number of aromatic nitrogens is 1. The summed E-state index contributed by atoms with van der Waals surface area (Å²) in [5.41, 5.74) is 0.887. The molecule has 0 unspecified atom stereocenters. The number of nitro groups is 1. The van der Waals surface area contributed by atoms with E-state index in [-0.39, 0.29) is 23.6 Å². The highest BCUT2D eigenvalue weighted by Crippen LogP contribution is 2.18. The van der Waals surface area contributed by atoms with Crippen molar-refractivity contribution in [3.63, 3.8) is 0 Å². The molecular weight excluding hydrogens is 280 g/mol. The Morgan fingerprint density at radius 3 is 2.50 bits per heavy atom. The molecule has 0 atom stereocenters. The number of ketones is 1. The molecule has 0 N–H and O–H groups in total. The van der Waals surface area contributed by atoms with Gasteiger partial charge < -0.3 is 0 Å². The first-order valence-electron chi connectivity index (χ1n) is 6.80. The summed E-state index contributed by atoms with van der Waals surface area (Å²) < 4.78 is 1.80. The van der Waals surface area contributed by atoms with Crippen LogP contribution >= 0.6 is 0 Å². The first kappa shape index (κ1) is 13.9. The summed E-state index contributed by atoms with van der Waals surface area (Å²) in [6.45, 7) is 0.0617. The molecule has 0 spiro atoms. The van der Waals surface area contributed by atoms with E-state index in [9.17, 15) is 14.9 Å². The van der Waals surface area contributed by atoms with Crippen LogP contribution in [0.4, 0.5) is 5.69 Å². The van der Waals surface area contributed by atoms with Gasteiger partial charge in [-0.1, -0.05) is 24.3 Å². The van der Waals surface area contributed by atoms with E-state index in [1.165, 1.54) is 12.1 Å². The van der Waals surface area contributed by atoms with Crippen molar-refractivity contribution in [3.8, 4) is 0 Å². The number of pyridine rings is 1. The van der Waals surface area contributed by atoms with Crippen LogP contribution in [0.3, 0.4) is 0 Å². The third-order valence-electron chi connectivity index (χ3n) is 3.50. The Morgan fingerprint density at radius 1 is 1.00 bits per heavy atom. The van der Waals surface area contributed by atoms with E-state index in [1.807, 2.05) is 36.4 Å². The Labute approximate surface area is 126 Å². The fourth-order valence-electron chi connectivity index (χ4n) is 2.47. The summed E-state index contributed by atoms with van der Waals surface area (Å²) in [5.74, 6) is -0.284. The van der Waals surface area contributed by atoms with Gasteiger partial charge in [0.1, 0.15) is 5.56 Å². The first-order valence-corrected chi connectivity index (χ1v) is 6.80. The Kier molecular flexibility index (Phi) is 3.62. The summed E-state index contributed by atoms with van der Waals surface area (Å²) in [7, 11) is 0. The highest BCUT2D eigenvalue weighted by molar-refractivity contribution is 5.99. The van der Waals surface area contributed by atoms with E-state index in [0.717, 1.165) is 10.9 Å². The number of carbonyl (C=O) groups is 1. The van der Waals surface area contributed by atoms with Crippen LogP contribution in [0.1, 0.15) is 10.4 Å². The van der Waals surface area contributed by atoms with Crippen molar-refractivity contribution in [2.75, 3.05) is 0 Å². The van der Waals surface area contributed by atoms with Gasteiger partial charge in [-0.05, 0) is 18.2 Å². The van der Waals surface area contributed by atoms with Crippen molar-refractivity contribution >= 4 is 22.4 Å². The second-order valence-corrected chi connectivity index (χ2v) is 4.89. The van der Waals surface area contributed by atoms with Crippen LogP contribution in [0.2, 0.25) is 0 Å². The number of benzene rings is 2. The molecule has 5 nitrogen and oxygen atoms in total. The van der Waals surface area contributed by atoms with Crippen molar-refractivity contribution in [2.45, 2.75) is 6.54 Å². The van der Waals surface area contributed by atoms with Crippen molar-refractivity contribution in [1.29, 1.82) is 0 Å². The molecule has 5 heteroatoms. The zero-order valence-electron chi connectivity index (χ0n) is 11.7. The van der Waals surface area contributed by atoms with Crippen LogP contribution in [0.15, 0.2) is 66.9 Å². The predicted octanol–water partition coefficient (Wildman–Crippen LogP) is 2.92. The Bertz CT molecular complexity index is 869. The fourth-order valence-corrected chi connectivity index (χ4v) is 2.47. The Balaban J connectivity index is 1.99. The largest absolute Gasteiger partial charge is 0.287 e. The monoisotopic (exact) mass is 293 g/mol. The molecule has 2 aromatic carbocycles. The van der Waals surface area contributed by atoms with Crippen molar-refractivity contribution in [2.24, 2.45) is 0 Å². The van der Waals surface area contributed by atoms with Crippen LogP contribution in [-0.4, -0.2) is 10.7 Å². The molecule has 0 aliphatic carbocycles. The van der Waals surface area contributed by atoms with Gasteiger partial charge in [0.15, 0.2) is 6.20 Å².